The van der Waals surface area contributed by atoms with Crippen LogP contribution >= 0.6 is 11.8 Å². The molecule has 0 aromatic rings. The van der Waals surface area contributed by atoms with Crippen LogP contribution in [0.3, 0.4) is 0 Å². The molecule has 4 N–H and O–H groups in total. The van der Waals surface area contributed by atoms with E-state index in [1.54, 1.807) is 0 Å². The van der Waals surface area contributed by atoms with E-state index in [-0.39, 0.29) is 5.41 Å². The van der Waals surface area contributed by atoms with Gasteiger partial charge in [-0.25, -0.2) is 0 Å². The molecule has 0 spiro atoms. The molecule has 1 saturated carbocycles. The first kappa shape index (κ1) is 16.6. The minimum atomic E-state index is -0.202. The first-order valence-corrected chi connectivity index (χ1v) is 8.52. The summed E-state index contributed by atoms with van der Waals surface area (Å²) >= 11 is 2.00. The number of nitrogens with two attached hydrogens (primary N) is 1. The van der Waals surface area contributed by atoms with Crippen LogP contribution in [0.4, 0.5) is 0 Å². The van der Waals surface area contributed by atoms with Crippen molar-refractivity contribution in [3.8, 4) is 0 Å². The molecule has 0 aromatic carbocycles. The first-order valence-electron chi connectivity index (χ1n) is 7.24. The van der Waals surface area contributed by atoms with Crippen LogP contribution in [0, 0.1) is 5.41 Å². The summed E-state index contributed by atoms with van der Waals surface area (Å²) in [6.07, 6.45) is 9.43. The van der Waals surface area contributed by atoms with E-state index in [4.69, 9.17) is 10.9 Å². The molecule has 0 heterocycles. The zero-order valence-electron chi connectivity index (χ0n) is 12.5. The van der Waals surface area contributed by atoms with Gasteiger partial charge in [0.05, 0.1) is 0 Å². The zero-order valence-corrected chi connectivity index (χ0v) is 13.3. The SMILES string of the molecule is CSC1CCC(NCCCCC(C)(C)C(N)=NO)C1. The molecule has 112 valence electrons. The van der Waals surface area contributed by atoms with Crippen molar-refractivity contribution in [3.63, 3.8) is 0 Å². The second kappa shape index (κ2) is 8.00. The third-order valence-electron chi connectivity index (χ3n) is 4.18. The molecule has 19 heavy (non-hydrogen) atoms. The maximum Gasteiger partial charge on any atom is 0.144 e. The van der Waals surface area contributed by atoms with Crippen LogP contribution in [-0.2, 0) is 0 Å². The molecule has 0 radical (unpaired) electrons. The maximum atomic E-state index is 8.71. The molecular weight excluding hydrogens is 258 g/mol. The highest BCUT2D eigenvalue weighted by atomic mass is 32.2. The van der Waals surface area contributed by atoms with Crippen molar-refractivity contribution in [3.05, 3.63) is 0 Å². The normalized spacial score (nSPS) is 24.9. The Morgan fingerprint density at radius 1 is 1.42 bits per heavy atom. The van der Waals surface area contributed by atoms with Crippen molar-refractivity contribution < 1.29 is 5.21 Å². The fourth-order valence-corrected chi connectivity index (χ4v) is 3.40. The predicted molar refractivity (Wildman–Crippen MR) is 84.0 cm³/mol. The lowest BCUT2D eigenvalue weighted by atomic mass is 9.86. The Bertz CT molecular complexity index is 294. The molecular formula is C14H29N3OS. The number of unbranched alkanes of at least 4 members (excludes halogenated alkanes) is 1. The smallest absolute Gasteiger partial charge is 0.144 e. The molecule has 2 unspecified atom stereocenters. The quantitative estimate of drug-likeness (QED) is 0.211. The first-order chi connectivity index (χ1) is 8.99. The van der Waals surface area contributed by atoms with E-state index in [1.807, 2.05) is 25.6 Å². The number of nitrogens with zero attached hydrogens (tertiary/aromatic N) is 1. The van der Waals surface area contributed by atoms with Gasteiger partial charge >= 0.3 is 0 Å². The molecule has 1 aliphatic carbocycles. The van der Waals surface area contributed by atoms with Gasteiger partial charge in [0.1, 0.15) is 5.84 Å². The fraction of sp³-hybridized carbons (Fsp3) is 0.929. The molecule has 4 nitrogen and oxygen atoms in total. The summed E-state index contributed by atoms with van der Waals surface area (Å²) in [5.41, 5.74) is 5.48. The lowest BCUT2D eigenvalue weighted by Crippen LogP contribution is -2.32. The van der Waals surface area contributed by atoms with Crippen molar-refractivity contribution in [2.75, 3.05) is 12.8 Å². The molecule has 1 rings (SSSR count). The van der Waals surface area contributed by atoms with E-state index < -0.39 is 0 Å². The van der Waals surface area contributed by atoms with E-state index in [0.29, 0.717) is 5.84 Å². The molecule has 0 aromatic heterocycles. The summed E-state index contributed by atoms with van der Waals surface area (Å²) < 4.78 is 0. The van der Waals surface area contributed by atoms with Crippen LogP contribution in [0.5, 0.6) is 0 Å². The van der Waals surface area contributed by atoms with Crippen LogP contribution in [0.15, 0.2) is 5.16 Å². The highest BCUT2D eigenvalue weighted by molar-refractivity contribution is 7.99. The van der Waals surface area contributed by atoms with Crippen molar-refractivity contribution in [2.45, 2.75) is 63.7 Å². The van der Waals surface area contributed by atoms with Gasteiger partial charge in [-0.05, 0) is 44.9 Å². The summed E-state index contributed by atoms with van der Waals surface area (Å²) in [5.74, 6) is 0.332. The third-order valence-corrected chi connectivity index (χ3v) is 5.28. The predicted octanol–water partition coefficient (Wildman–Crippen LogP) is 2.80. The summed E-state index contributed by atoms with van der Waals surface area (Å²) in [6.45, 7) is 5.13. The standard InChI is InChI=1S/C14H29N3OS/c1-14(2,13(15)17-18)8-4-5-9-16-11-6-7-12(10-11)19-3/h11-12,16,18H,4-10H2,1-3H3,(H2,15,17). The number of hydrogen-bond acceptors (Lipinski definition) is 4. The Balaban J connectivity index is 2.09. The molecule has 0 saturated heterocycles. The number of amidine groups is 1. The Labute approximate surface area is 121 Å². The largest absolute Gasteiger partial charge is 0.409 e. The van der Waals surface area contributed by atoms with Crippen LogP contribution < -0.4 is 11.1 Å². The molecule has 0 bridgehead atoms. The van der Waals surface area contributed by atoms with E-state index >= 15 is 0 Å². The lowest BCUT2D eigenvalue weighted by Gasteiger charge is -2.22. The van der Waals surface area contributed by atoms with E-state index in [9.17, 15) is 0 Å². The van der Waals surface area contributed by atoms with Crippen LogP contribution in [0.25, 0.3) is 0 Å². The number of hydrogen-bond donors (Lipinski definition) is 3. The summed E-state index contributed by atoms with van der Waals surface area (Å²) in [7, 11) is 0. The van der Waals surface area contributed by atoms with E-state index in [0.717, 1.165) is 37.1 Å². The molecule has 5 heteroatoms. The van der Waals surface area contributed by atoms with Gasteiger partial charge in [0, 0.05) is 16.7 Å². The monoisotopic (exact) mass is 287 g/mol. The number of thioether (sulfide) groups is 1. The van der Waals surface area contributed by atoms with E-state index in [1.165, 1.54) is 19.3 Å². The molecule has 0 aliphatic heterocycles. The number of nitrogens with one attached hydrogen (secondary N) is 1. The minimum absolute atomic E-state index is 0.202. The molecule has 1 aliphatic rings. The summed E-state index contributed by atoms with van der Waals surface area (Å²) in [5, 5.41) is 16.3. The van der Waals surface area contributed by atoms with Crippen LogP contribution in [0.2, 0.25) is 0 Å². The molecule has 0 amide bonds. The van der Waals surface area contributed by atoms with Gasteiger partial charge in [-0.1, -0.05) is 25.4 Å². The highest BCUT2D eigenvalue weighted by Crippen LogP contribution is 2.28. The van der Waals surface area contributed by atoms with Crippen molar-refractivity contribution in [1.29, 1.82) is 0 Å². The average Bonchev–Trinajstić information content (AvgIpc) is 2.85. The minimum Gasteiger partial charge on any atom is -0.409 e. The average molecular weight is 287 g/mol. The van der Waals surface area contributed by atoms with Gasteiger partial charge in [0.15, 0.2) is 0 Å². The Morgan fingerprint density at radius 2 is 2.16 bits per heavy atom. The van der Waals surface area contributed by atoms with Gasteiger partial charge in [-0.2, -0.15) is 11.8 Å². The lowest BCUT2D eigenvalue weighted by molar-refractivity contribution is 0.304. The summed E-state index contributed by atoms with van der Waals surface area (Å²) in [4.78, 5) is 0. The second-order valence-electron chi connectivity index (χ2n) is 6.15. The van der Waals surface area contributed by atoms with Crippen LogP contribution in [-0.4, -0.2) is 35.1 Å². The fourth-order valence-electron chi connectivity index (χ4n) is 2.60. The van der Waals surface area contributed by atoms with E-state index in [2.05, 4.69) is 16.7 Å². The Hall–Kier alpha value is -0.420. The zero-order chi connectivity index (χ0) is 14.3. The van der Waals surface area contributed by atoms with Crippen molar-refractivity contribution >= 4 is 17.6 Å². The van der Waals surface area contributed by atoms with Gasteiger partial charge in [0.2, 0.25) is 0 Å². The van der Waals surface area contributed by atoms with Crippen molar-refractivity contribution in [2.24, 2.45) is 16.3 Å². The van der Waals surface area contributed by atoms with Crippen molar-refractivity contribution in [1.82, 2.24) is 5.32 Å². The van der Waals surface area contributed by atoms with Gasteiger partial charge < -0.3 is 16.3 Å². The van der Waals surface area contributed by atoms with Gasteiger partial charge in [-0.3, -0.25) is 0 Å². The number of rotatable bonds is 8. The van der Waals surface area contributed by atoms with Crippen LogP contribution in [0.1, 0.15) is 52.4 Å². The second-order valence-corrected chi connectivity index (χ2v) is 7.29. The van der Waals surface area contributed by atoms with Gasteiger partial charge in [-0.15, -0.1) is 0 Å². The number of oxime groups is 1. The summed E-state index contributed by atoms with van der Waals surface area (Å²) in [6, 6.07) is 0.717. The topological polar surface area (TPSA) is 70.6 Å². The maximum absolute atomic E-state index is 8.71. The Morgan fingerprint density at radius 3 is 2.74 bits per heavy atom. The molecule has 1 fully saturated rings. The Kier molecular flexibility index (Phi) is 7.00. The highest BCUT2D eigenvalue weighted by Gasteiger charge is 2.24. The third kappa shape index (κ3) is 5.61. The molecule has 2 atom stereocenters. The van der Waals surface area contributed by atoms with Gasteiger partial charge in [0.25, 0.3) is 0 Å².